The van der Waals surface area contributed by atoms with Gasteiger partial charge in [0.2, 0.25) is 11.8 Å². The van der Waals surface area contributed by atoms with Gasteiger partial charge in [-0.1, -0.05) is 6.92 Å². The van der Waals surface area contributed by atoms with Gasteiger partial charge in [-0.25, -0.2) is 0 Å². The second kappa shape index (κ2) is 6.22. The highest BCUT2D eigenvalue weighted by Gasteiger charge is 2.40. The van der Waals surface area contributed by atoms with E-state index in [4.69, 9.17) is 0 Å². The Bertz CT molecular complexity index is 356. The van der Waals surface area contributed by atoms with Crippen LogP contribution in [0.2, 0.25) is 0 Å². The molecule has 1 heterocycles. The van der Waals surface area contributed by atoms with Gasteiger partial charge < -0.3 is 4.74 Å². The number of esters is 1. The molecule has 2 unspecified atom stereocenters. The van der Waals surface area contributed by atoms with Crippen LogP contribution in [0, 0.1) is 0 Å². The number of ether oxygens (including phenoxy) is 1. The highest BCUT2D eigenvalue weighted by Crippen LogP contribution is 2.30. The van der Waals surface area contributed by atoms with Crippen molar-refractivity contribution in [3.8, 4) is 0 Å². The van der Waals surface area contributed by atoms with E-state index in [1.54, 1.807) is 0 Å². The van der Waals surface area contributed by atoms with Crippen molar-refractivity contribution in [1.29, 1.82) is 0 Å². The van der Waals surface area contributed by atoms with Crippen LogP contribution in [0.3, 0.4) is 0 Å². The summed E-state index contributed by atoms with van der Waals surface area (Å²) in [4.78, 5) is 36.1. The number of imide groups is 1. The summed E-state index contributed by atoms with van der Waals surface area (Å²) in [5.41, 5.74) is 0. The van der Waals surface area contributed by atoms with Crippen LogP contribution in [0.5, 0.6) is 0 Å². The molecule has 0 radical (unpaired) electrons. The van der Waals surface area contributed by atoms with Gasteiger partial charge in [0.25, 0.3) is 0 Å². The van der Waals surface area contributed by atoms with Crippen molar-refractivity contribution >= 4 is 29.5 Å². The van der Waals surface area contributed by atoms with Crippen LogP contribution < -0.4 is 0 Å². The van der Waals surface area contributed by atoms with Gasteiger partial charge in [0.05, 0.1) is 18.8 Å². The van der Waals surface area contributed by atoms with Crippen LogP contribution in [0.1, 0.15) is 33.6 Å². The Hall–Kier alpha value is -1.04. The minimum atomic E-state index is -0.362. The van der Waals surface area contributed by atoms with E-state index in [1.165, 1.54) is 23.8 Å². The molecule has 5 nitrogen and oxygen atoms in total. The Morgan fingerprint density at radius 1 is 1.44 bits per heavy atom. The van der Waals surface area contributed by atoms with Crippen molar-refractivity contribution in [2.24, 2.45) is 0 Å². The zero-order valence-corrected chi connectivity index (χ0v) is 12.0. The number of thioether (sulfide) groups is 1. The van der Waals surface area contributed by atoms with Crippen LogP contribution in [-0.2, 0) is 19.1 Å². The summed E-state index contributed by atoms with van der Waals surface area (Å²) in [7, 11) is 1.34. The molecule has 1 aliphatic rings. The Kier molecular flexibility index (Phi) is 5.19. The molecule has 0 aromatic rings. The van der Waals surface area contributed by atoms with Crippen LogP contribution in [-0.4, -0.2) is 46.3 Å². The SMILES string of the molecule is COC(=O)CC(C)SC1CC(=O)N(C(C)C)C1=O. The molecular weight excluding hydrogens is 254 g/mol. The van der Waals surface area contributed by atoms with Crippen molar-refractivity contribution < 1.29 is 19.1 Å². The van der Waals surface area contributed by atoms with E-state index in [0.717, 1.165) is 0 Å². The topological polar surface area (TPSA) is 63.7 Å². The minimum Gasteiger partial charge on any atom is -0.469 e. The summed E-state index contributed by atoms with van der Waals surface area (Å²) in [6, 6.07) is -0.105. The van der Waals surface area contributed by atoms with E-state index < -0.39 is 0 Å². The number of carbonyl (C=O) groups excluding carboxylic acids is 3. The van der Waals surface area contributed by atoms with Crippen LogP contribution >= 0.6 is 11.8 Å². The predicted molar refractivity (Wildman–Crippen MR) is 69.1 cm³/mol. The van der Waals surface area contributed by atoms with Crippen molar-refractivity contribution in [3.63, 3.8) is 0 Å². The predicted octanol–water partition coefficient (Wildman–Crippen LogP) is 1.21. The van der Waals surface area contributed by atoms with E-state index in [0.29, 0.717) is 0 Å². The fourth-order valence-electron chi connectivity index (χ4n) is 1.92. The lowest BCUT2D eigenvalue weighted by atomic mass is 10.3. The van der Waals surface area contributed by atoms with Crippen LogP contribution in [0.4, 0.5) is 0 Å². The van der Waals surface area contributed by atoms with Gasteiger partial charge in [-0.2, -0.15) is 0 Å². The first-order valence-electron chi connectivity index (χ1n) is 5.95. The number of hydrogen-bond donors (Lipinski definition) is 0. The molecule has 0 saturated carbocycles. The van der Waals surface area contributed by atoms with Crippen molar-refractivity contribution in [2.75, 3.05) is 7.11 Å². The van der Waals surface area contributed by atoms with E-state index >= 15 is 0 Å². The van der Waals surface area contributed by atoms with Crippen molar-refractivity contribution in [2.45, 2.75) is 50.2 Å². The maximum Gasteiger partial charge on any atom is 0.306 e. The van der Waals surface area contributed by atoms with E-state index in [-0.39, 0.29) is 47.2 Å². The van der Waals surface area contributed by atoms with Gasteiger partial charge in [-0.15, -0.1) is 11.8 Å². The molecule has 1 rings (SSSR count). The third kappa shape index (κ3) is 3.48. The second-order valence-electron chi connectivity index (χ2n) is 4.62. The molecule has 102 valence electrons. The maximum atomic E-state index is 12.0. The summed E-state index contributed by atoms with van der Waals surface area (Å²) >= 11 is 1.37. The van der Waals surface area contributed by atoms with Crippen LogP contribution in [0.25, 0.3) is 0 Å². The molecule has 2 atom stereocenters. The van der Waals surface area contributed by atoms with Crippen LogP contribution in [0.15, 0.2) is 0 Å². The highest BCUT2D eigenvalue weighted by atomic mass is 32.2. The monoisotopic (exact) mass is 273 g/mol. The van der Waals surface area contributed by atoms with Gasteiger partial charge in [0.1, 0.15) is 0 Å². The summed E-state index contributed by atoms with van der Waals surface area (Å²) < 4.78 is 4.58. The first-order chi connectivity index (χ1) is 8.36. The highest BCUT2D eigenvalue weighted by molar-refractivity contribution is 8.01. The van der Waals surface area contributed by atoms with Gasteiger partial charge in [0.15, 0.2) is 0 Å². The zero-order chi connectivity index (χ0) is 13.9. The number of likely N-dealkylation sites (tertiary alicyclic amines) is 1. The fraction of sp³-hybridized carbons (Fsp3) is 0.750. The molecule has 1 aliphatic heterocycles. The van der Waals surface area contributed by atoms with Crippen molar-refractivity contribution in [3.05, 3.63) is 0 Å². The zero-order valence-electron chi connectivity index (χ0n) is 11.1. The molecule has 18 heavy (non-hydrogen) atoms. The Morgan fingerprint density at radius 2 is 2.06 bits per heavy atom. The molecule has 2 amide bonds. The molecular formula is C12H19NO4S. The van der Waals surface area contributed by atoms with E-state index in [2.05, 4.69) is 4.74 Å². The average Bonchev–Trinajstić information content (AvgIpc) is 2.53. The third-order valence-corrected chi connectivity index (χ3v) is 4.06. The summed E-state index contributed by atoms with van der Waals surface area (Å²) in [5.74, 6) is -0.568. The molecule has 0 bridgehead atoms. The molecule has 0 aromatic carbocycles. The maximum absolute atomic E-state index is 12.0. The Balaban J connectivity index is 2.57. The Morgan fingerprint density at radius 3 is 2.50 bits per heavy atom. The molecule has 1 fully saturated rings. The summed E-state index contributed by atoms with van der Waals surface area (Å²) in [6.45, 7) is 5.50. The normalized spacial score (nSPS) is 21.6. The van der Waals surface area contributed by atoms with Gasteiger partial charge in [-0.05, 0) is 13.8 Å². The van der Waals surface area contributed by atoms with Gasteiger partial charge in [-0.3, -0.25) is 19.3 Å². The first-order valence-corrected chi connectivity index (χ1v) is 6.89. The van der Waals surface area contributed by atoms with E-state index in [1.807, 2.05) is 20.8 Å². The second-order valence-corrected chi connectivity index (χ2v) is 6.26. The summed E-state index contributed by atoms with van der Waals surface area (Å²) in [6.07, 6.45) is 0.480. The average molecular weight is 273 g/mol. The van der Waals surface area contributed by atoms with Gasteiger partial charge >= 0.3 is 5.97 Å². The number of amides is 2. The molecule has 0 aliphatic carbocycles. The lowest BCUT2D eigenvalue weighted by Crippen LogP contribution is -2.37. The quantitative estimate of drug-likeness (QED) is 0.556. The molecule has 0 spiro atoms. The van der Waals surface area contributed by atoms with Gasteiger partial charge in [0, 0.05) is 17.7 Å². The largest absolute Gasteiger partial charge is 0.469 e. The number of nitrogens with zero attached hydrogens (tertiary/aromatic N) is 1. The van der Waals surface area contributed by atoms with Crippen molar-refractivity contribution in [1.82, 2.24) is 4.90 Å². The lowest BCUT2D eigenvalue weighted by Gasteiger charge is -2.19. The number of rotatable bonds is 5. The van der Waals surface area contributed by atoms with E-state index in [9.17, 15) is 14.4 Å². The summed E-state index contributed by atoms with van der Waals surface area (Å²) in [5, 5.41) is -0.397. The smallest absolute Gasteiger partial charge is 0.306 e. The first kappa shape index (κ1) is 15.0. The standard InChI is InChI=1S/C12H19NO4S/c1-7(2)13-10(14)6-9(12(13)16)18-8(3)5-11(15)17-4/h7-9H,5-6H2,1-4H3. The number of methoxy groups -OCH3 is 1. The molecule has 1 saturated heterocycles. The molecule has 6 heteroatoms. The fourth-order valence-corrected chi connectivity index (χ4v) is 3.18. The molecule has 0 aromatic heterocycles. The molecule has 0 N–H and O–H groups in total. The Labute approximate surface area is 111 Å². The minimum absolute atomic E-state index is 0.0358. The number of hydrogen-bond acceptors (Lipinski definition) is 5. The number of carbonyl (C=O) groups is 3. The lowest BCUT2D eigenvalue weighted by molar-refractivity contribution is -0.141. The third-order valence-electron chi connectivity index (χ3n) is 2.74.